The van der Waals surface area contributed by atoms with E-state index in [9.17, 15) is 4.39 Å². The van der Waals surface area contributed by atoms with Gasteiger partial charge >= 0.3 is 0 Å². The minimum absolute atomic E-state index is 0.0150. The van der Waals surface area contributed by atoms with Crippen molar-refractivity contribution in [1.82, 2.24) is 0 Å². The van der Waals surface area contributed by atoms with E-state index in [1.807, 2.05) is 0 Å². The van der Waals surface area contributed by atoms with Crippen molar-refractivity contribution in [3.8, 4) is 17.6 Å². The molecular weight excluding hydrogens is 161 g/mol. The Morgan fingerprint density at radius 2 is 2.25 bits per heavy atom. The maximum atomic E-state index is 13.1. The molecule has 1 aromatic carbocycles. The van der Waals surface area contributed by atoms with Crippen LogP contribution in [0.25, 0.3) is 0 Å². The zero-order valence-electron chi connectivity index (χ0n) is 6.00. The van der Waals surface area contributed by atoms with Crippen molar-refractivity contribution in [2.45, 2.75) is 0 Å². The van der Waals surface area contributed by atoms with E-state index in [0.29, 0.717) is 5.75 Å². The smallest absolute Gasteiger partial charge is 0.231 e. The Bertz CT molecular complexity index is 370. The van der Waals surface area contributed by atoms with Crippen molar-refractivity contribution >= 4 is 0 Å². The lowest BCUT2D eigenvalue weighted by Gasteiger charge is -1.97. The number of hydrogen-bond acceptors (Lipinski definition) is 3. The van der Waals surface area contributed by atoms with Gasteiger partial charge in [-0.05, 0) is 12.1 Å². The third kappa shape index (κ3) is 0.800. The van der Waals surface area contributed by atoms with E-state index >= 15 is 0 Å². The molecule has 4 heteroatoms. The van der Waals surface area contributed by atoms with Crippen molar-refractivity contribution in [2.24, 2.45) is 0 Å². The van der Waals surface area contributed by atoms with Gasteiger partial charge in [0.25, 0.3) is 0 Å². The lowest BCUT2D eigenvalue weighted by atomic mass is 10.2. The van der Waals surface area contributed by atoms with Crippen LogP contribution in [0, 0.1) is 17.1 Å². The number of halogens is 1. The predicted molar refractivity (Wildman–Crippen MR) is 37.2 cm³/mol. The maximum absolute atomic E-state index is 13.1. The molecule has 0 atom stereocenters. The van der Waals surface area contributed by atoms with Gasteiger partial charge in [0.1, 0.15) is 6.07 Å². The average molecular weight is 165 g/mol. The summed E-state index contributed by atoms with van der Waals surface area (Å²) < 4.78 is 22.9. The van der Waals surface area contributed by atoms with Gasteiger partial charge in [-0.3, -0.25) is 0 Å². The third-order valence-corrected chi connectivity index (χ3v) is 1.60. The summed E-state index contributed by atoms with van der Waals surface area (Å²) in [5.41, 5.74) is -0.0285. The van der Waals surface area contributed by atoms with Crippen LogP contribution in [0.2, 0.25) is 0 Å². The number of benzene rings is 1. The fraction of sp³-hybridized carbons (Fsp3) is 0.125. The Hall–Kier alpha value is -1.76. The van der Waals surface area contributed by atoms with Gasteiger partial charge in [0.15, 0.2) is 11.6 Å². The van der Waals surface area contributed by atoms with Crippen molar-refractivity contribution in [3.05, 3.63) is 23.5 Å². The number of fused-ring (bicyclic) bond motifs is 1. The minimum Gasteiger partial charge on any atom is -0.453 e. The molecule has 1 aliphatic heterocycles. The number of nitriles is 1. The van der Waals surface area contributed by atoms with Crippen LogP contribution in [0.1, 0.15) is 5.56 Å². The van der Waals surface area contributed by atoms with Crippen LogP contribution in [0.15, 0.2) is 12.1 Å². The average Bonchev–Trinajstić information content (AvgIpc) is 2.53. The van der Waals surface area contributed by atoms with Gasteiger partial charge in [-0.25, -0.2) is 4.39 Å². The first-order valence-electron chi connectivity index (χ1n) is 3.31. The molecule has 1 aromatic rings. The zero-order chi connectivity index (χ0) is 8.55. The summed E-state index contributed by atoms with van der Waals surface area (Å²) in [7, 11) is 0. The molecule has 0 spiro atoms. The van der Waals surface area contributed by atoms with E-state index < -0.39 is 5.82 Å². The summed E-state index contributed by atoms with van der Waals surface area (Å²) in [6.07, 6.45) is 0. The Balaban J connectivity index is 2.63. The van der Waals surface area contributed by atoms with E-state index in [2.05, 4.69) is 0 Å². The first-order valence-corrected chi connectivity index (χ1v) is 3.31. The van der Waals surface area contributed by atoms with Crippen LogP contribution < -0.4 is 9.47 Å². The van der Waals surface area contributed by atoms with Crippen LogP contribution in [0.3, 0.4) is 0 Å². The zero-order valence-corrected chi connectivity index (χ0v) is 6.00. The van der Waals surface area contributed by atoms with Crippen molar-refractivity contribution in [2.75, 3.05) is 6.79 Å². The first kappa shape index (κ1) is 6.92. The molecule has 1 heterocycles. The standard InChI is InChI=1S/C8H4FNO2/c9-7-5(3-10)1-2-6-8(7)12-4-11-6/h1-2H,4H2. The number of rotatable bonds is 0. The highest BCUT2D eigenvalue weighted by Gasteiger charge is 2.20. The normalized spacial score (nSPS) is 12.7. The lowest BCUT2D eigenvalue weighted by Crippen LogP contribution is -1.94. The molecule has 1 aliphatic rings. The van der Waals surface area contributed by atoms with Gasteiger partial charge in [-0.15, -0.1) is 0 Å². The summed E-state index contributed by atoms with van der Waals surface area (Å²) in [5.74, 6) is -0.256. The van der Waals surface area contributed by atoms with Crippen LogP contribution in [-0.4, -0.2) is 6.79 Å². The van der Waals surface area contributed by atoms with Gasteiger partial charge < -0.3 is 9.47 Å². The van der Waals surface area contributed by atoms with E-state index in [4.69, 9.17) is 14.7 Å². The van der Waals surface area contributed by atoms with Crippen LogP contribution in [-0.2, 0) is 0 Å². The molecule has 0 aliphatic carbocycles. The molecule has 12 heavy (non-hydrogen) atoms. The van der Waals surface area contributed by atoms with Gasteiger partial charge in [-0.1, -0.05) is 0 Å². The molecule has 0 amide bonds. The second kappa shape index (κ2) is 2.38. The van der Waals surface area contributed by atoms with Crippen molar-refractivity contribution in [3.63, 3.8) is 0 Å². The second-order valence-electron chi connectivity index (χ2n) is 2.27. The Morgan fingerprint density at radius 3 is 3.00 bits per heavy atom. The predicted octanol–water partition coefficient (Wildman–Crippen LogP) is 1.43. The summed E-state index contributed by atoms with van der Waals surface area (Å²) in [5, 5.41) is 8.46. The van der Waals surface area contributed by atoms with Crippen molar-refractivity contribution < 1.29 is 13.9 Å². The molecular formula is C8H4FNO2. The molecule has 0 aromatic heterocycles. The molecule has 3 nitrogen and oxygen atoms in total. The lowest BCUT2D eigenvalue weighted by molar-refractivity contribution is 0.171. The topological polar surface area (TPSA) is 42.2 Å². The molecule has 2 rings (SSSR count). The number of nitrogens with zero attached hydrogens (tertiary/aromatic N) is 1. The number of hydrogen-bond donors (Lipinski definition) is 0. The van der Waals surface area contributed by atoms with E-state index in [1.54, 1.807) is 6.07 Å². The van der Waals surface area contributed by atoms with Crippen LogP contribution in [0.4, 0.5) is 4.39 Å². The maximum Gasteiger partial charge on any atom is 0.231 e. The highest BCUT2D eigenvalue weighted by molar-refractivity contribution is 5.49. The Morgan fingerprint density at radius 1 is 1.42 bits per heavy atom. The highest BCUT2D eigenvalue weighted by atomic mass is 19.1. The van der Waals surface area contributed by atoms with Crippen molar-refractivity contribution in [1.29, 1.82) is 5.26 Å². The summed E-state index contributed by atoms with van der Waals surface area (Å²) in [4.78, 5) is 0. The fourth-order valence-electron chi connectivity index (χ4n) is 1.02. The molecule has 0 N–H and O–H groups in total. The fourth-order valence-corrected chi connectivity index (χ4v) is 1.02. The van der Waals surface area contributed by atoms with Gasteiger partial charge in [-0.2, -0.15) is 5.26 Å². The first-order chi connectivity index (χ1) is 5.83. The van der Waals surface area contributed by atoms with Gasteiger partial charge in [0.2, 0.25) is 12.5 Å². The summed E-state index contributed by atoms with van der Waals surface area (Å²) >= 11 is 0. The summed E-state index contributed by atoms with van der Waals surface area (Å²) in [6.45, 7) is 0.0150. The van der Waals surface area contributed by atoms with Crippen LogP contribution in [0.5, 0.6) is 11.5 Å². The molecule has 60 valence electrons. The second-order valence-corrected chi connectivity index (χ2v) is 2.27. The van der Waals surface area contributed by atoms with Gasteiger partial charge in [0, 0.05) is 0 Å². The van der Waals surface area contributed by atoms with Gasteiger partial charge in [0.05, 0.1) is 5.56 Å². The SMILES string of the molecule is N#Cc1ccc2c(c1F)OCO2. The quantitative estimate of drug-likeness (QED) is 0.583. The molecule has 0 radical (unpaired) electrons. The monoisotopic (exact) mass is 165 g/mol. The molecule has 0 unspecified atom stereocenters. The highest BCUT2D eigenvalue weighted by Crippen LogP contribution is 2.35. The van der Waals surface area contributed by atoms with E-state index in [1.165, 1.54) is 12.1 Å². The number of ether oxygens (including phenoxy) is 2. The molecule has 0 saturated carbocycles. The van der Waals surface area contributed by atoms with Crippen LogP contribution >= 0.6 is 0 Å². The minimum atomic E-state index is -0.646. The molecule has 0 fully saturated rings. The Labute approximate surface area is 67.9 Å². The molecule has 0 saturated heterocycles. The molecule has 0 bridgehead atoms. The van der Waals surface area contributed by atoms with E-state index in [0.717, 1.165) is 0 Å². The third-order valence-electron chi connectivity index (χ3n) is 1.60. The summed E-state index contributed by atoms with van der Waals surface area (Å²) in [6, 6.07) is 4.60. The van der Waals surface area contributed by atoms with E-state index in [-0.39, 0.29) is 18.1 Å². The Kier molecular flexibility index (Phi) is 1.37. The largest absolute Gasteiger partial charge is 0.453 e.